The van der Waals surface area contributed by atoms with Crippen molar-refractivity contribution >= 4 is 0 Å². The zero-order valence-corrected chi connectivity index (χ0v) is 15.3. The average Bonchev–Trinajstić information content (AvgIpc) is 2.98. The van der Waals surface area contributed by atoms with E-state index in [4.69, 9.17) is 0 Å². The van der Waals surface area contributed by atoms with Crippen LogP contribution in [-0.4, -0.2) is 9.13 Å². The number of rotatable bonds is 6. The molecule has 0 N–H and O–H groups in total. The quantitative estimate of drug-likeness (QED) is 0.576. The van der Waals surface area contributed by atoms with Gasteiger partial charge in [0, 0.05) is 12.8 Å². The van der Waals surface area contributed by atoms with Gasteiger partial charge in [0.25, 0.3) is 11.6 Å². The fourth-order valence-electron chi connectivity index (χ4n) is 2.70. The molecule has 0 unspecified atom stereocenters. The van der Waals surface area contributed by atoms with E-state index >= 15 is 0 Å². The molecule has 0 aliphatic carbocycles. The summed E-state index contributed by atoms with van der Waals surface area (Å²) in [5, 5.41) is 0. The van der Waals surface area contributed by atoms with Gasteiger partial charge in [-0.25, -0.2) is 18.3 Å². The number of imidazole rings is 2. The molecule has 0 aromatic carbocycles. The van der Waals surface area contributed by atoms with Gasteiger partial charge in [0.1, 0.15) is 24.8 Å². The summed E-state index contributed by atoms with van der Waals surface area (Å²) in [5.41, 5.74) is 0. The van der Waals surface area contributed by atoms with Crippen molar-refractivity contribution in [2.75, 3.05) is 0 Å². The van der Waals surface area contributed by atoms with Crippen LogP contribution in [0.1, 0.15) is 51.2 Å². The molecule has 0 aliphatic heterocycles. The lowest BCUT2D eigenvalue weighted by molar-refractivity contribution is -0.678. The van der Waals surface area contributed by atoms with E-state index in [0.717, 1.165) is 0 Å². The summed E-state index contributed by atoms with van der Waals surface area (Å²) in [6, 6.07) is 0. The zero-order valence-electron chi connectivity index (χ0n) is 15.3. The SMILES string of the molecule is CCCCCc1n(C)cc[n+]1C.CCCc1n(C)cc[n+]1C. The third-order valence-electron chi connectivity index (χ3n) is 4.13. The molecule has 0 saturated carbocycles. The maximum absolute atomic E-state index is 2.24. The molecule has 0 aliphatic rings. The molecule has 0 spiro atoms. The highest BCUT2D eigenvalue weighted by molar-refractivity contribution is 4.82. The first-order valence-electron chi connectivity index (χ1n) is 8.50. The topological polar surface area (TPSA) is 17.6 Å². The Morgan fingerprint density at radius 2 is 1.27 bits per heavy atom. The number of hydrogen-bond acceptors (Lipinski definition) is 0. The van der Waals surface area contributed by atoms with Crippen LogP contribution < -0.4 is 9.13 Å². The van der Waals surface area contributed by atoms with Crippen LogP contribution >= 0.6 is 0 Å². The van der Waals surface area contributed by atoms with E-state index < -0.39 is 0 Å². The van der Waals surface area contributed by atoms with Gasteiger partial charge in [0.2, 0.25) is 0 Å². The fraction of sp³-hybridized carbons (Fsp3) is 0.667. The molecule has 0 saturated heterocycles. The summed E-state index contributed by atoms with van der Waals surface area (Å²) in [6.45, 7) is 4.44. The molecule has 2 rings (SSSR count). The third-order valence-corrected chi connectivity index (χ3v) is 4.13. The second-order valence-corrected chi connectivity index (χ2v) is 6.08. The average molecular weight is 306 g/mol. The second-order valence-electron chi connectivity index (χ2n) is 6.08. The van der Waals surface area contributed by atoms with Crippen molar-refractivity contribution < 1.29 is 9.13 Å². The Morgan fingerprint density at radius 1 is 0.773 bits per heavy atom. The number of aromatic nitrogens is 4. The van der Waals surface area contributed by atoms with Crippen molar-refractivity contribution in [1.82, 2.24) is 9.13 Å². The monoisotopic (exact) mass is 306 g/mol. The zero-order chi connectivity index (χ0) is 16.5. The molecule has 2 aromatic rings. The van der Waals surface area contributed by atoms with Gasteiger partial charge in [-0.3, -0.25) is 0 Å². The highest BCUT2D eigenvalue weighted by atomic mass is 15.1. The largest absolute Gasteiger partial charge is 0.255 e. The molecular weight excluding hydrogens is 272 g/mol. The Kier molecular flexibility index (Phi) is 7.92. The predicted molar refractivity (Wildman–Crippen MR) is 90.4 cm³/mol. The highest BCUT2D eigenvalue weighted by Crippen LogP contribution is 2.01. The molecule has 0 atom stereocenters. The number of nitrogens with zero attached hydrogens (tertiary/aromatic N) is 4. The van der Waals surface area contributed by atoms with Gasteiger partial charge < -0.3 is 0 Å². The van der Waals surface area contributed by atoms with Crippen LogP contribution in [0.2, 0.25) is 0 Å². The van der Waals surface area contributed by atoms with Gasteiger partial charge in [-0.1, -0.05) is 26.7 Å². The summed E-state index contributed by atoms with van der Waals surface area (Å²) < 4.78 is 8.75. The Labute approximate surface area is 136 Å². The summed E-state index contributed by atoms with van der Waals surface area (Å²) in [4.78, 5) is 0. The molecule has 4 heteroatoms. The maximum atomic E-state index is 2.24. The van der Waals surface area contributed by atoms with Gasteiger partial charge in [-0.2, -0.15) is 0 Å². The molecule has 0 fully saturated rings. The van der Waals surface area contributed by atoms with E-state index in [9.17, 15) is 0 Å². The second kappa shape index (κ2) is 9.44. The molecule has 124 valence electrons. The van der Waals surface area contributed by atoms with Gasteiger partial charge in [-0.15, -0.1) is 0 Å². The Morgan fingerprint density at radius 3 is 1.64 bits per heavy atom. The van der Waals surface area contributed by atoms with E-state index in [0.29, 0.717) is 0 Å². The molecule has 0 amide bonds. The van der Waals surface area contributed by atoms with Gasteiger partial charge in [0.15, 0.2) is 0 Å². The van der Waals surface area contributed by atoms with E-state index in [1.807, 2.05) is 0 Å². The van der Waals surface area contributed by atoms with Crippen molar-refractivity contribution in [2.45, 2.75) is 52.4 Å². The van der Waals surface area contributed by atoms with Crippen LogP contribution in [-0.2, 0) is 41.0 Å². The predicted octanol–water partition coefficient (Wildman–Crippen LogP) is 2.38. The summed E-state index contributed by atoms with van der Waals surface area (Å²) in [6.07, 6.45) is 15.9. The van der Waals surface area contributed by atoms with Crippen LogP contribution in [0.3, 0.4) is 0 Å². The first kappa shape index (κ1) is 18.5. The third kappa shape index (κ3) is 5.32. The van der Waals surface area contributed by atoms with E-state index in [-0.39, 0.29) is 0 Å². The van der Waals surface area contributed by atoms with Crippen molar-refractivity contribution in [3.8, 4) is 0 Å². The molecule has 2 aromatic heterocycles. The molecular formula is C18H34N4+2. The standard InChI is InChI=1S/C10H19N2.C8H15N2/c1-4-5-6-7-10-11(2)8-9-12(10)3;1-4-5-8-9(2)6-7-10(8)3/h8-9H,4-7H2,1-3H3;6-7H,4-5H2,1-3H3/q2*+1. The van der Waals surface area contributed by atoms with Crippen LogP contribution in [0.5, 0.6) is 0 Å². The summed E-state index contributed by atoms with van der Waals surface area (Å²) >= 11 is 0. The molecule has 0 radical (unpaired) electrons. The first-order chi connectivity index (χ1) is 10.5. The van der Waals surface area contributed by atoms with Gasteiger partial charge >= 0.3 is 0 Å². The number of hydrogen-bond donors (Lipinski definition) is 0. The lowest BCUT2D eigenvalue weighted by atomic mass is 10.2. The Balaban J connectivity index is 0.000000224. The van der Waals surface area contributed by atoms with E-state index in [2.05, 4.69) is 85.1 Å². The lowest BCUT2D eigenvalue weighted by Crippen LogP contribution is -2.31. The molecule has 22 heavy (non-hydrogen) atoms. The minimum absolute atomic E-state index is 1.17. The minimum atomic E-state index is 1.17. The highest BCUT2D eigenvalue weighted by Gasteiger charge is 2.09. The maximum Gasteiger partial charge on any atom is 0.255 e. The Hall–Kier alpha value is -1.58. The molecule has 0 bridgehead atoms. The minimum Gasteiger partial charge on any atom is -0.237 e. The van der Waals surface area contributed by atoms with Gasteiger partial charge in [-0.05, 0) is 12.8 Å². The number of aryl methyl sites for hydroxylation is 4. The van der Waals surface area contributed by atoms with Crippen LogP contribution in [0.4, 0.5) is 0 Å². The van der Waals surface area contributed by atoms with Crippen molar-refractivity contribution in [3.05, 3.63) is 36.4 Å². The van der Waals surface area contributed by atoms with Crippen molar-refractivity contribution in [2.24, 2.45) is 28.2 Å². The number of unbranched alkanes of at least 4 members (excludes halogenated alkanes) is 2. The summed E-state index contributed by atoms with van der Waals surface area (Å²) in [7, 11) is 8.40. The van der Waals surface area contributed by atoms with Crippen LogP contribution in [0.25, 0.3) is 0 Å². The molecule has 4 nitrogen and oxygen atoms in total. The molecule has 2 heterocycles. The van der Waals surface area contributed by atoms with Crippen LogP contribution in [0, 0.1) is 0 Å². The fourth-order valence-corrected chi connectivity index (χ4v) is 2.70. The van der Waals surface area contributed by atoms with Crippen LogP contribution in [0.15, 0.2) is 24.8 Å². The van der Waals surface area contributed by atoms with E-state index in [1.54, 1.807) is 0 Å². The first-order valence-corrected chi connectivity index (χ1v) is 8.50. The van der Waals surface area contributed by atoms with Gasteiger partial charge in [0.05, 0.1) is 28.2 Å². The van der Waals surface area contributed by atoms with Crippen molar-refractivity contribution in [1.29, 1.82) is 0 Å². The lowest BCUT2D eigenvalue weighted by Gasteiger charge is -1.97. The normalized spacial score (nSPS) is 10.5. The Bertz CT molecular complexity index is 512. The van der Waals surface area contributed by atoms with E-state index in [1.165, 1.54) is 50.2 Å². The smallest absolute Gasteiger partial charge is 0.237 e. The summed E-state index contributed by atoms with van der Waals surface area (Å²) in [5.74, 6) is 2.81. The van der Waals surface area contributed by atoms with Crippen molar-refractivity contribution in [3.63, 3.8) is 0 Å².